The third-order valence-corrected chi connectivity index (χ3v) is 7.15. The van der Waals surface area contributed by atoms with Gasteiger partial charge in [-0.3, -0.25) is 9.59 Å². The molecule has 0 unspecified atom stereocenters. The summed E-state index contributed by atoms with van der Waals surface area (Å²) in [6.07, 6.45) is 5.33. The van der Waals surface area contributed by atoms with E-state index in [9.17, 15) is 14.7 Å². The Morgan fingerprint density at radius 3 is 2.09 bits per heavy atom. The van der Waals surface area contributed by atoms with Crippen molar-refractivity contribution in [3.63, 3.8) is 0 Å². The molecule has 1 aliphatic heterocycles. The molecule has 2 aromatic rings. The highest BCUT2D eigenvalue weighted by Crippen LogP contribution is 2.39. The molecule has 0 aliphatic carbocycles. The summed E-state index contributed by atoms with van der Waals surface area (Å²) in [5.41, 5.74) is 1.37. The number of hydrogen-bond acceptors (Lipinski definition) is 4. The van der Waals surface area contributed by atoms with E-state index >= 15 is 0 Å². The average Bonchev–Trinajstić information content (AvgIpc) is 3.10. The number of hydrogen-bond donors (Lipinski definition) is 1. The largest absolute Gasteiger partial charge is 0.507 e. The molecule has 0 saturated carbocycles. The van der Waals surface area contributed by atoms with Crippen molar-refractivity contribution in [1.29, 1.82) is 0 Å². The van der Waals surface area contributed by atoms with Crippen LogP contribution in [0.4, 0.5) is 0 Å². The van der Waals surface area contributed by atoms with Gasteiger partial charge in [-0.1, -0.05) is 78.5 Å². The van der Waals surface area contributed by atoms with Crippen LogP contribution in [0.25, 0.3) is 5.76 Å². The van der Waals surface area contributed by atoms with Crippen molar-refractivity contribution in [2.75, 3.05) is 26.2 Å². The minimum absolute atomic E-state index is 0.119. The monoisotopic (exact) mass is 560 g/mol. The highest BCUT2D eigenvalue weighted by atomic mass is 79.9. The second-order valence-corrected chi connectivity index (χ2v) is 10.3. The number of rotatable bonds is 12. The molecule has 1 heterocycles. The van der Waals surface area contributed by atoms with Crippen molar-refractivity contribution in [3.8, 4) is 0 Å². The van der Waals surface area contributed by atoms with Gasteiger partial charge in [-0.15, -0.1) is 0 Å². The first kappa shape index (κ1) is 27.4. The number of halogens is 2. The zero-order valence-electron chi connectivity index (χ0n) is 20.5. The third-order valence-electron chi connectivity index (χ3n) is 6.37. The number of carbonyl (C=O) groups is 2. The molecule has 3 rings (SSSR count). The SMILES string of the molecule is CCCCN(CCCC)CCCN1C(=O)C(=O)C(=C(O)c2ccc(Br)cc2)[C@@H]1c1ccc(Cl)cc1. The fraction of sp³-hybridized carbons (Fsp3) is 0.429. The molecular formula is C28H34BrClN2O3. The van der Waals surface area contributed by atoms with Crippen molar-refractivity contribution in [1.82, 2.24) is 9.80 Å². The van der Waals surface area contributed by atoms with Gasteiger partial charge in [0.1, 0.15) is 5.76 Å². The number of aliphatic hydroxyl groups excluding tert-OH is 1. The van der Waals surface area contributed by atoms with Gasteiger partial charge in [0.25, 0.3) is 11.7 Å². The van der Waals surface area contributed by atoms with Crippen molar-refractivity contribution < 1.29 is 14.7 Å². The van der Waals surface area contributed by atoms with Gasteiger partial charge in [-0.05, 0) is 68.7 Å². The highest BCUT2D eigenvalue weighted by molar-refractivity contribution is 9.10. The number of Topliss-reactive ketones (excluding diaryl/α,β-unsaturated/α-hetero) is 1. The molecule has 1 saturated heterocycles. The molecular weight excluding hydrogens is 528 g/mol. The third kappa shape index (κ3) is 6.96. The number of amides is 1. The van der Waals surface area contributed by atoms with E-state index in [1.54, 1.807) is 41.3 Å². The molecule has 0 spiro atoms. The Morgan fingerprint density at radius 2 is 1.51 bits per heavy atom. The van der Waals surface area contributed by atoms with Gasteiger partial charge in [-0.2, -0.15) is 0 Å². The van der Waals surface area contributed by atoms with E-state index in [-0.39, 0.29) is 11.3 Å². The maximum Gasteiger partial charge on any atom is 0.295 e. The second-order valence-electron chi connectivity index (χ2n) is 8.95. The Kier molecular flexibility index (Phi) is 10.4. The molecule has 1 atom stereocenters. The van der Waals surface area contributed by atoms with E-state index in [1.165, 1.54) is 0 Å². The second kappa shape index (κ2) is 13.2. The van der Waals surface area contributed by atoms with Crippen LogP contribution < -0.4 is 0 Å². The Balaban J connectivity index is 1.90. The van der Waals surface area contributed by atoms with Crippen LogP contribution in [0, 0.1) is 0 Å². The molecule has 7 heteroatoms. The lowest BCUT2D eigenvalue weighted by Crippen LogP contribution is -2.34. The van der Waals surface area contributed by atoms with E-state index in [4.69, 9.17) is 11.6 Å². The number of ketones is 1. The summed E-state index contributed by atoms with van der Waals surface area (Å²) in [5, 5.41) is 11.7. The lowest BCUT2D eigenvalue weighted by atomic mass is 9.95. The van der Waals surface area contributed by atoms with Crippen LogP contribution in [0.2, 0.25) is 5.02 Å². The number of nitrogens with zero attached hydrogens (tertiary/aromatic N) is 2. The Hall–Kier alpha value is -2.15. The maximum atomic E-state index is 13.2. The van der Waals surface area contributed by atoms with Crippen molar-refractivity contribution in [2.45, 2.75) is 52.0 Å². The molecule has 188 valence electrons. The minimum atomic E-state index is -0.657. The van der Waals surface area contributed by atoms with Crippen LogP contribution in [0.3, 0.4) is 0 Å². The highest BCUT2D eigenvalue weighted by Gasteiger charge is 2.45. The predicted octanol–water partition coefficient (Wildman–Crippen LogP) is 6.82. The lowest BCUT2D eigenvalue weighted by molar-refractivity contribution is -0.140. The van der Waals surface area contributed by atoms with Crippen LogP contribution in [0.15, 0.2) is 58.6 Å². The zero-order chi connectivity index (χ0) is 25.4. The predicted molar refractivity (Wildman–Crippen MR) is 145 cm³/mol. The molecule has 1 N–H and O–H groups in total. The first-order chi connectivity index (χ1) is 16.9. The summed E-state index contributed by atoms with van der Waals surface area (Å²) in [5.74, 6) is -1.39. The topological polar surface area (TPSA) is 60.9 Å². The van der Waals surface area contributed by atoms with Crippen LogP contribution in [-0.2, 0) is 9.59 Å². The number of likely N-dealkylation sites (tertiary alicyclic amines) is 1. The molecule has 2 aromatic carbocycles. The molecule has 5 nitrogen and oxygen atoms in total. The Bertz CT molecular complexity index is 1030. The standard InChI is InChI=1S/C28H34BrClN2O3/c1-3-5-16-31(17-6-4-2)18-7-19-32-25(20-10-14-23(30)15-11-20)24(27(34)28(32)35)26(33)21-8-12-22(29)13-9-21/h8-15,25,33H,3-7,16-19H2,1-2H3/t25-/m0/s1. The molecule has 1 aliphatic rings. The first-order valence-corrected chi connectivity index (χ1v) is 13.6. The van der Waals surface area contributed by atoms with Crippen LogP contribution in [0.1, 0.15) is 63.1 Å². The van der Waals surface area contributed by atoms with Gasteiger partial charge in [0.05, 0.1) is 11.6 Å². The Labute approximate surface area is 221 Å². The summed E-state index contributed by atoms with van der Waals surface area (Å²) < 4.78 is 0.861. The summed E-state index contributed by atoms with van der Waals surface area (Å²) >= 11 is 9.50. The van der Waals surface area contributed by atoms with Gasteiger partial charge < -0.3 is 14.9 Å². The minimum Gasteiger partial charge on any atom is -0.507 e. The van der Waals surface area contributed by atoms with Gasteiger partial charge in [0.15, 0.2) is 0 Å². The number of benzene rings is 2. The molecule has 0 aromatic heterocycles. The van der Waals surface area contributed by atoms with E-state index in [1.807, 2.05) is 12.1 Å². The molecule has 1 fully saturated rings. The summed E-state index contributed by atoms with van der Waals surface area (Å²) in [6, 6.07) is 13.5. The first-order valence-electron chi connectivity index (χ1n) is 12.4. The summed E-state index contributed by atoms with van der Waals surface area (Å²) in [7, 11) is 0. The quantitative estimate of drug-likeness (QED) is 0.176. The van der Waals surface area contributed by atoms with Gasteiger partial charge in [0, 0.05) is 21.6 Å². The van der Waals surface area contributed by atoms with Crippen LogP contribution in [0.5, 0.6) is 0 Å². The van der Waals surface area contributed by atoms with E-state index in [0.29, 0.717) is 17.1 Å². The Morgan fingerprint density at radius 1 is 0.943 bits per heavy atom. The fourth-order valence-corrected chi connectivity index (χ4v) is 4.82. The fourth-order valence-electron chi connectivity index (χ4n) is 4.43. The van der Waals surface area contributed by atoms with Gasteiger partial charge in [0.2, 0.25) is 0 Å². The zero-order valence-corrected chi connectivity index (χ0v) is 22.8. The van der Waals surface area contributed by atoms with Crippen molar-refractivity contribution in [2.24, 2.45) is 0 Å². The smallest absolute Gasteiger partial charge is 0.295 e. The van der Waals surface area contributed by atoms with Crippen LogP contribution >= 0.6 is 27.5 Å². The molecule has 35 heavy (non-hydrogen) atoms. The van der Waals surface area contributed by atoms with Crippen molar-refractivity contribution >= 4 is 45.0 Å². The van der Waals surface area contributed by atoms with E-state index in [0.717, 1.165) is 61.8 Å². The number of carbonyl (C=O) groups excluding carboxylic acids is 2. The normalized spacial score (nSPS) is 17.5. The molecule has 0 radical (unpaired) electrons. The van der Waals surface area contributed by atoms with E-state index in [2.05, 4.69) is 34.7 Å². The molecule has 1 amide bonds. The van der Waals surface area contributed by atoms with E-state index < -0.39 is 17.7 Å². The van der Waals surface area contributed by atoms with Crippen LogP contribution in [-0.4, -0.2) is 52.8 Å². The van der Waals surface area contributed by atoms with Gasteiger partial charge >= 0.3 is 0 Å². The van der Waals surface area contributed by atoms with Crippen molar-refractivity contribution in [3.05, 3.63) is 74.7 Å². The summed E-state index contributed by atoms with van der Waals surface area (Å²) in [4.78, 5) is 30.4. The number of aliphatic hydroxyl groups is 1. The van der Waals surface area contributed by atoms with Gasteiger partial charge in [-0.25, -0.2) is 0 Å². The average molecular weight is 562 g/mol. The molecule has 0 bridgehead atoms. The summed E-state index contributed by atoms with van der Waals surface area (Å²) in [6.45, 7) is 7.76. The lowest BCUT2D eigenvalue weighted by Gasteiger charge is -2.27. The maximum absolute atomic E-state index is 13.2. The number of unbranched alkanes of at least 4 members (excludes halogenated alkanes) is 2.